The number of nitro benzene ring substituents is 1. The first-order chi connectivity index (χ1) is 9.40. The molecule has 6 nitrogen and oxygen atoms in total. The summed E-state index contributed by atoms with van der Waals surface area (Å²) in [6.07, 6.45) is 0. The van der Waals surface area contributed by atoms with Crippen molar-refractivity contribution in [2.75, 3.05) is 18.4 Å². The molecule has 0 saturated heterocycles. The van der Waals surface area contributed by atoms with Crippen LogP contribution in [0.25, 0.3) is 0 Å². The third kappa shape index (κ3) is 3.93. The topological polar surface area (TPSA) is 75.5 Å². The first-order valence-electron chi connectivity index (χ1n) is 6.39. The molecule has 0 heterocycles. The van der Waals surface area contributed by atoms with E-state index >= 15 is 0 Å². The first-order valence-corrected chi connectivity index (χ1v) is 7.19. The number of hydrogen-bond donors (Lipinski definition) is 1. The van der Waals surface area contributed by atoms with Gasteiger partial charge in [0, 0.05) is 23.6 Å². The van der Waals surface area contributed by atoms with E-state index in [1.807, 2.05) is 13.8 Å². The fourth-order valence-electron chi connectivity index (χ4n) is 1.88. The predicted molar refractivity (Wildman–Crippen MR) is 81.8 cm³/mol. The number of carbonyl (C=O) groups is 1. The van der Waals surface area contributed by atoms with Crippen LogP contribution in [0, 0.1) is 10.1 Å². The Morgan fingerprint density at radius 3 is 2.55 bits per heavy atom. The first kappa shape index (κ1) is 16.4. The monoisotopic (exact) mass is 343 g/mol. The Labute approximate surface area is 126 Å². The minimum atomic E-state index is -0.519. The molecule has 0 radical (unpaired) electrons. The van der Waals surface area contributed by atoms with Crippen molar-refractivity contribution in [3.05, 3.63) is 32.8 Å². The number of carbonyl (C=O) groups excluding carboxylic acids is 1. The number of amides is 1. The maximum atomic E-state index is 12.1. The van der Waals surface area contributed by atoms with Crippen LogP contribution in [-0.4, -0.2) is 34.9 Å². The van der Waals surface area contributed by atoms with Crippen molar-refractivity contribution >= 4 is 33.2 Å². The van der Waals surface area contributed by atoms with Gasteiger partial charge in [0.15, 0.2) is 0 Å². The molecule has 0 spiro atoms. The third-order valence-corrected chi connectivity index (χ3v) is 3.47. The van der Waals surface area contributed by atoms with Crippen molar-refractivity contribution in [3.8, 4) is 0 Å². The highest BCUT2D eigenvalue weighted by molar-refractivity contribution is 9.10. The van der Waals surface area contributed by atoms with E-state index in [1.54, 1.807) is 24.0 Å². The summed E-state index contributed by atoms with van der Waals surface area (Å²) < 4.78 is 0.623. The molecular formula is C13H18BrN3O3. The Morgan fingerprint density at radius 2 is 2.05 bits per heavy atom. The number of rotatable bonds is 6. The van der Waals surface area contributed by atoms with E-state index in [2.05, 4.69) is 21.2 Å². The highest BCUT2D eigenvalue weighted by atomic mass is 79.9. The Morgan fingerprint density at radius 1 is 1.45 bits per heavy atom. The minimum absolute atomic E-state index is 0.0569. The molecule has 1 amide bonds. The van der Waals surface area contributed by atoms with Gasteiger partial charge in [0.25, 0.3) is 5.69 Å². The second-order valence-electron chi connectivity index (χ2n) is 4.30. The zero-order valence-corrected chi connectivity index (χ0v) is 13.3. The molecule has 110 valence electrons. The summed E-state index contributed by atoms with van der Waals surface area (Å²) in [5.41, 5.74) is 0.282. The molecule has 1 aromatic carbocycles. The standard InChI is InChI=1S/C13H18BrN3O3/c1-4-16(5-2)13(18)9(3)15-11-7-6-10(14)8-12(11)17(19)20/h6-9,15H,4-5H2,1-3H3. The number of nitrogens with one attached hydrogen (secondary N) is 1. The lowest BCUT2D eigenvalue weighted by Gasteiger charge is -2.24. The predicted octanol–water partition coefficient (Wildman–Crippen LogP) is 3.03. The van der Waals surface area contributed by atoms with E-state index in [-0.39, 0.29) is 11.6 Å². The number of nitro groups is 1. The van der Waals surface area contributed by atoms with Crippen LogP contribution in [-0.2, 0) is 4.79 Å². The zero-order chi connectivity index (χ0) is 15.3. The van der Waals surface area contributed by atoms with Crippen molar-refractivity contribution in [1.29, 1.82) is 0 Å². The van der Waals surface area contributed by atoms with E-state index in [9.17, 15) is 14.9 Å². The SMILES string of the molecule is CCN(CC)C(=O)C(C)Nc1ccc(Br)cc1[N+](=O)[O-]. The van der Waals surface area contributed by atoms with E-state index in [0.717, 1.165) is 0 Å². The van der Waals surface area contributed by atoms with Gasteiger partial charge in [-0.15, -0.1) is 0 Å². The molecule has 0 saturated carbocycles. The summed E-state index contributed by atoms with van der Waals surface area (Å²) in [7, 11) is 0. The van der Waals surface area contributed by atoms with Gasteiger partial charge < -0.3 is 10.2 Å². The van der Waals surface area contributed by atoms with Crippen molar-refractivity contribution in [1.82, 2.24) is 4.90 Å². The molecule has 1 atom stereocenters. The van der Waals surface area contributed by atoms with Crippen LogP contribution in [0.5, 0.6) is 0 Å². The van der Waals surface area contributed by atoms with Crippen LogP contribution < -0.4 is 5.32 Å². The summed E-state index contributed by atoms with van der Waals surface area (Å²) in [5.74, 6) is -0.0767. The second kappa shape index (κ2) is 7.23. The van der Waals surface area contributed by atoms with Crippen LogP contribution in [0.3, 0.4) is 0 Å². The molecule has 1 unspecified atom stereocenters. The van der Waals surface area contributed by atoms with Crippen molar-refractivity contribution in [2.24, 2.45) is 0 Å². The number of benzene rings is 1. The number of nitrogens with zero attached hydrogens (tertiary/aromatic N) is 2. The van der Waals surface area contributed by atoms with Crippen LogP contribution in [0.4, 0.5) is 11.4 Å². The van der Waals surface area contributed by atoms with E-state index in [1.165, 1.54) is 6.07 Å². The normalized spacial score (nSPS) is 11.8. The summed E-state index contributed by atoms with van der Waals surface area (Å²) >= 11 is 3.20. The Balaban J connectivity index is 2.93. The highest BCUT2D eigenvalue weighted by Crippen LogP contribution is 2.28. The Kier molecular flexibility index (Phi) is 5.94. The lowest BCUT2D eigenvalue weighted by atomic mass is 10.2. The van der Waals surface area contributed by atoms with E-state index < -0.39 is 11.0 Å². The number of likely N-dealkylation sites (N-methyl/N-ethyl adjacent to an activating group) is 1. The lowest BCUT2D eigenvalue weighted by Crippen LogP contribution is -2.41. The highest BCUT2D eigenvalue weighted by Gasteiger charge is 2.21. The van der Waals surface area contributed by atoms with Crippen molar-refractivity contribution < 1.29 is 9.72 Å². The summed E-state index contributed by atoms with van der Waals surface area (Å²) in [5, 5.41) is 13.9. The van der Waals surface area contributed by atoms with E-state index in [0.29, 0.717) is 23.2 Å². The van der Waals surface area contributed by atoms with Gasteiger partial charge in [-0.2, -0.15) is 0 Å². The average Bonchev–Trinajstić information content (AvgIpc) is 2.41. The number of halogens is 1. The third-order valence-electron chi connectivity index (χ3n) is 2.97. The van der Waals surface area contributed by atoms with E-state index in [4.69, 9.17) is 0 Å². The molecule has 1 N–H and O–H groups in total. The van der Waals surface area contributed by atoms with Gasteiger partial charge in [-0.05, 0) is 32.9 Å². The Hall–Kier alpha value is -1.63. The summed E-state index contributed by atoms with van der Waals surface area (Å²) in [6, 6.07) is 4.18. The van der Waals surface area contributed by atoms with Gasteiger partial charge in [0.1, 0.15) is 11.7 Å². The molecule has 1 aromatic rings. The van der Waals surface area contributed by atoms with Crippen molar-refractivity contribution in [2.45, 2.75) is 26.8 Å². The van der Waals surface area contributed by atoms with Crippen molar-refractivity contribution in [3.63, 3.8) is 0 Å². The maximum absolute atomic E-state index is 12.1. The average molecular weight is 344 g/mol. The molecule has 0 aromatic heterocycles. The smallest absolute Gasteiger partial charge is 0.293 e. The lowest BCUT2D eigenvalue weighted by molar-refractivity contribution is -0.384. The maximum Gasteiger partial charge on any atom is 0.293 e. The fraction of sp³-hybridized carbons (Fsp3) is 0.462. The van der Waals surface area contributed by atoms with Gasteiger partial charge in [0.2, 0.25) is 5.91 Å². The number of anilines is 1. The molecule has 1 rings (SSSR count). The second-order valence-corrected chi connectivity index (χ2v) is 5.21. The molecular weight excluding hydrogens is 326 g/mol. The minimum Gasteiger partial charge on any atom is -0.368 e. The molecule has 0 aliphatic carbocycles. The summed E-state index contributed by atoms with van der Waals surface area (Å²) in [4.78, 5) is 24.4. The van der Waals surface area contributed by atoms with Gasteiger partial charge in [-0.1, -0.05) is 15.9 Å². The number of hydrogen-bond acceptors (Lipinski definition) is 4. The van der Waals surface area contributed by atoms with Gasteiger partial charge in [-0.25, -0.2) is 0 Å². The Bertz CT molecular complexity index is 504. The van der Waals surface area contributed by atoms with Crippen LogP contribution in [0.2, 0.25) is 0 Å². The molecule has 20 heavy (non-hydrogen) atoms. The largest absolute Gasteiger partial charge is 0.368 e. The van der Waals surface area contributed by atoms with Gasteiger partial charge >= 0.3 is 0 Å². The molecule has 7 heteroatoms. The molecule has 0 fully saturated rings. The van der Waals surface area contributed by atoms with Gasteiger partial charge in [0.05, 0.1) is 4.92 Å². The fourth-order valence-corrected chi connectivity index (χ4v) is 2.23. The molecule has 0 aliphatic heterocycles. The summed E-state index contributed by atoms with van der Waals surface area (Å²) in [6.45, 7) is 6.73. The van der Waals surface area contributed by atoms with Crippen LogP contribution in [0.1, 0.15) is 20.8 Å². The zero-order valence-electron chi connectivity index (χ0n) is 11.7. The van der Waals surface area contributed by atoms with Gasteiger partial charge in [-0.3, -0.25) is 14.9 Å². The van der Waals surface area contributed by atoms with Crippen LogP contribution in [0.15, 0.2) is 22.7 Å². The molecule has 0 bridgehead atoms. The molecule has 0 aliphatic rings. The van der Waals surface area contributed by atoms with Crippen LogP contribution >= 0.6 is 15.9 Å². The quantitative estimate of drug-likeness (QED) is 0.636.